The number of urea groups is 1. The van der Waals surface area contributed by atoms with Crippen LogP contribution in [0.1, 0.15) is 33.6 Å². The Morgan fingerprint density at radius 3 is 2.00 bits per heavy atom. The number of hydrogen-bond acceptors (Lipinski definition) is 3. The van der Waals surface area contributed by atoms with Crippen molar-refractivity contribution in [3.8, 4) is 0 Å². The smallest absolute Gasteiger partial charge is 0.326 e. The summed E-state index contributed by atoms with van der Waals surface area (Å²) in [6.07, 6.45) is -0.453. The Bertz CT molecular complexity index is 317. The first-order valence-corrected chi connectivity index (χ1v) is 5.75. The zero-order valence-electron chi connectivity index (χ0n) is 10.8. The second kappa shape index (κ2) is 7.52. The zero-order chi connectivity index (χ0) is 14.3. The highest BCUT2D eigenvalue weighted by Gasteiger charge is 2.21. The van der Waals surface area contributed by atoms with E-state index < -0.39 is 24.0 Å². The third-order valence-corrected chi connectivity index (χ3v) is 2.61. The molecule has 0 radical (unpaired) electrons. The molecule has 2 atom stereocenters. The van der Waals surface area contributed by atoms with Crippen LogP contribution in [-0.4, -0.2) is 40.3 Å². The molecule has 0 aromatic rings. The molecule has 0 heterocycles. The summed E-state index contributed by atoms with van der Waals surface area (Å²) >= 11 is 0. The van der Waals surface area contributed by atoms with E-state index in [-0.39, 0.29) is 24.8 Å². The van der Waals surface area contributed by atoms with Gasteiger partial charge in [-0.1, -0.05) is 13.8 Å². The Kier molecular flexibility index (Phi) is 6.77. The van der Waals surface area contributed by atoms with Gasteiger partial charge in [0.25, 0.3) is 0 Å². The molecule has 0 aromatic heterocycles. The summed E-state index contributed by atoms with van der Waals surface area (Å²) < 4.78 is 0. The van der Waals surface area contributed by atoms with Crippen molar-refractivity contribution in [3.05, 3.63) is 0 Å². The predicted octanol–water partition coefficient (Wildman–Crippen LogP) is 0.648. The van der Waals surface area contributed by atoms with Gasteiger partial charge in [-0.3, -0.25) is 4.79 Å². The first-order chi connectivity index (χ1) is 8.23. The number of nitrogens with one attached hydrogen (secondary N) is 2. The number of carbonyl (C=O) groups excluding carboxylic acids is 1. The molecule has 0 aliphatic rings. The summed E-state index contributed by atoms with van der Waals surface area (Å²) in [7, 11) is 0. The highest BCUT2D eigenvalue weighted by Crippen LogP contribution is 2.01. The van der Waals surface area contributed by atoms with Gasteiger partial charge in [0.2, 0.25) is 0 Å². The largest absolute Gasteiger partial charge is 0.481 e. The second-order valence-corrected chi connectivity index (χ2v) is 4.47. The molecule has 0 saturated heterocycles. The number of carboxylic acid groups (broad SMARTS) is 2. The van der Waals surface area contributed by atoms with Crippen molar-refractivity contribution in [1.82, 2.24) is 10.6 Å². The summed E-state index contributed by atoms with van der Waals surface area (Å²) in [5.41, 5.74) is 0. The van der Waals surface area contributed by atoms with Crippen LogP contribution >= 0.6 is 0 Å². The van der Waals surface area contributed by atoms with E-state index in [2.05, 4.69) is 10.6 Å². The van der Waals surface area contributed by atoms with Gasteiger partial charge in [0.15, 0.2) is 0 Å². The van der Waals surface area contributed by atoms with Crippen LogP contribution in [0.15, 0.2) is 0 Å². The molecule has 0 bridgehead atoms. The fourth-order valence-corrected chi connectivity index (χ4v) is 1.10. The van der Waals surface area contributed by atoms with Crippen molar-refractivity contribution in [3.63, 3.8) is 0 Å². The molecule has 7 heteroatoms. The normalized spacial score (nSPS) is 13.8. The summed E-state index contributed by atoms with van der Waals surface area (Å²) in [5, 5.41) is 22.2. The maximum Gasteiger partial charge on any atom is 0.326 e. The van der Waals surface area contributed by atoms with Crippen LogP contribution in [0.25, 0.3) is 0 Å². The third-order valence-electron chi connectivity index (χ3n) is 2.61. The van der Waals surface area contributed by atoms with Crippen LogP contribution in [0.4, 0.5) is 4.79 Å². The lowest BCUT2D eigenvalue weighted by Crippen LogP contribution is -2.49. The van der Waals surface area contributed by atoms with Gasteiger partial charge in [0.05, 0.1) is 0 Å². The Hall–Kier alpha value is -1.79. The minimum atomic E-state index is -1.25. The van der Waals surface area contributed by atoms with E-state index in [0.717, 1.165) is 0 Å². The number of carboxylic acids is 2. The van der Waals surface area contributed by atoms with Gasteiger partial charge in [-0.25, -0.2) is 9.59 Å². The molecule has 2 amide bonds. The molecule has 0 fully saturated rings. The molecule has 18 heavy (non-hydrogen) atoms. The fourth-order valence-electron chi connectivity index (χ4n) is 1.10. The molecule has 0 unspecified atom stereocenters. The van der Waals surface area contributed by atoms with Crippen molar-refractivity contribution >= 4 is 18.0 Å². The topological polar surface area (TPSA) is 116 Å². The highest BCUT2D eigenvalue weighted by molar-refractivity contribution is 5.83. The lowest BCUT2D eigenvalue weighted by molar-refractivity contribution is -0.140. The molecule has 4 N–H and O–H groups in total. The Balaban J connectivity index is 4.28. The number of carbonyl (C=O) groups is 3. The van der Waals surface area contributed by atoms with Gasteiger partial charge in [-0.2, -0.15) is 0 Å². The van der Waals surface area contributed by atoms with Crippen LogP contribution < -0.4 is 10.6 Å². The van der Waals surface area contributed by atoms with Gasteiger partial charge in [0.1, 0.15) is 6.04 Å². The van der Waals surface area contributed by atoms with Gasteiger partial charge in [0, 0.05) is 12.5 Å². The standard InChI is InChI=1S/C11H20N2O5/c1-6(2)7(3)12-11(18)13-8(10(16)17)4-5-9(14)15/h6-8H,4-5H2,1-3H3,(H,14,15)(H,16,17)(H2,12,13,18)/t7-,8+/m1/s1. The van der Waals surface area contributed by atoms with Crippen LogP contribution in [0.5, 0.6) is 0 Å². The summed E-state index contributed by atoms with van der Waals surface area (Å²) in [6.45, 7) is 5.64. The molecule has 0 spiro atoms. The first-order valence-electron chi connectivity index (χ1n) is 5.75. The van der Waals surface area contributed by atoms with Crippen molar-refractivity contribution < 1.29 is 24.6 Å². The molecule has 0 saturated carbocycles. The maximum absolute atomic E-state index is 11.5. The van der Waals surface area contributed by atoms with E-state index in [1.165, 1.54) is 0 Å². The molecule has 0 aliphatic carbocycles. The van der Waals surface area contributed by atoms with Crippen LogP contribution in [-0.2, 0) is 9.59 Å². The van der Waals surface area contributed by atoms with Gasteiger partial charge in [-0.15, -0.1) is 0 Å². The van der Waals surface area contributed by atoms with Crippen LogP contribution in [0.2, 0.25) is 0 Å². The summed E-state index contributed by atoms with van der Waals surface area (Å²) in [5.74, 6) is -2.12. The van der Waals surface area contributed by atoms with E-state index >= 15 is 0 Å². The van der Waals surface area contributed by atoms with Crippen LogP contribution in [0.3, 0.4) is 0 Å². The first kappa shape index (κ1) is 16.2. The third kappa shape index (κ3) is 6.72. The number of rotatable bonds is 7. The average molecular weight is 260 g/mol. The van der Waals surface area contributed by atoms with E-state index in [4.69, 9.17) is 10.2 Å². The minimum absolute atomic E-state index is 0.0982. The van der Waals surface area contributed by atoms with Crippen molar-refractivity contribution in [2.45, 2.75) is 45.7 Å². The average Bonchev–Trinajstić information content (AvgIpc) is 2.23. The summed E-state index contributed by atoms with van der Waals surface area (Å²) in [4.78, 5) is 32.7. The molecular weight excluding hydrogens is 240 g/mol. The maximum atomic E-state index is 11.5. The number of hydrogen-bond donors (Lipinski definition) is 4. The van der Waals surface area contributed by atoms with Crippen LogP contribution in [0, 0.1) is 5.92 Å². The van der Waals surface area contributed by atoms with Crippen molar-refractivity contribution in [1.29, 1.82) is 0 Å². The van der Waals surface area contributed by atoms with Gasteiger partial charge >= 0.3 is 18.0 Å². The molecule has 0 aliphatic heterocycles. The lowest BCUT2D eigenvalue weighted by Gasteiger charge is -2.20. The Morgan fingerprint density at radius 2 is 1.61 bits per heavy atom. The molecule has 0 aromatic carbocycles. The molecule has 104 valence electrons. The number of aliphatic carboxylic acids is 2. The Labute approximate surface area is 106 Å². The fraction of sp³-hybridized carbons (Fsp3) is 0.727. The predicted molar refractivity (Wildman–Crippen MR) is 64.3 cm³/mol. The molecule has 0 rings (SSSR count). The van der Waals surface area contributed by atoms with Crippen molar-refractivity contribution in [2.24, 2.45) is 5.92 Å². The van der Waals surface area contributed by atoms with E-state index in [1.54, 1.807) is 6.92 Å². The SMILES string of the molecule is CC(C)[C@@H](C)NC(=O)N[C@@H](CCC(=O)O)C(=O)O. The lowest BCUT2D eigenvalue weighted by atomic mass is 10.1. The van der Waals surface area contributed by atoms with Crippen molar-refractivity contribution in [2.75, 3.05) is 0 Å². The number of amides is 2. The van der Waals surface area contributed by atoms with E-state index in [1.807, 2.05) is 13.8 Å². The monoisotopic (exact) mass is 260 g/mol. The zero-order valence-corrected chi connectivity index (χ0v) is 10.8. The Morgan fingerprint density at radius 1 is 1.06 bits per heavy atom. The van der Waals surface area contributed by atoms with E-state index in [9.17, 15) is 14.4 Å². The van der Waals surface area contributed by atoms with Gasteiger partial charge in [-0.05, 0) is 19.3 Å². The quantitative estimate of drug-likeness (QED) is 0.536. The van der Waals surface area contributed by atoms with Gasteiger partial charge < -0.3 is 20.8 Å². The second-order valence-electron chi connectivity index (χ2n) is 4.47. The molecule has 7 nitrogen and oxygen atoms in total. The minimum Gasteiger partial charge on any atom is -0.481 e. The summed E-state index contributed by atoms with van der Waals surface area (Å²) in [6, 6.07) is -1.90. The van der Waals surface area contributed by atoms with E-state index in [0.29, 0.717) is 0 Å². The highest BCUT2D eigenvalue weighted by atomic mass is 16.4. The molecular formula is C11H20N2O5.